The number of hydrogen-bond donors (Lipinski definition) is 0. The molecule has 0 saturated carbocycles. The molecule has 0 spiro atoms. The standard InChI is InChI=1S/C13H24/c1-2-10-13-11-8-6-4-3-5-7-9-12-13/h11H,2-10,12H2,1H3/b13-11-. The molecule has 0 saturated heterocycles. The van der Waals surface area contributed by atoms with Crippen molar-refractivity contribution in [3.63, 3.8) is 0 Å². The Morgan fingerprint density at radius 1 is 1.00 bits per heavy atom. The Bertz CT molecular complexity index is 144. The first-order valence-corrected chi connectivity index (χ1v) is 6.11. The maximum absolute atomic E-state index is 2.52. The Hall–Kier alpha value is -0.260. The zero-order valence-corrected chi connectivity index (χ0v) is 9.15. The van der Waals surface area contributed by atoms with Crippen molar-refractivity contribution in [1.29, 1.82) is 0 Å². The summed E-state index contributed by atoms with van der Waals surface area (Å²) >= 11 is 0. The monoisotopic (exact) mass is 180 g/mol. The highest BCUT2D eigenvalue weighted by atomic mass is 14.1. The summed E-state index contributed by atoms with van der Waals surface area (Å²) in [5, 5.41) is 0. The Kier molecular flexibility index (Phi) is 5.97. The number of allylic oxidation sites excluding steroid dienone is 2. The van der Waals surface area contributed by atoms with Crippen molar-refractivity contribution in [3.8, 4) is 0 Å². The Labute approximate surface area is 83.4 Å². The van der Waals surface area contributed by atoms with Crippen molar-refractivity contribution in [1.82, 2.24) is 0 Å². The molecule has 1 aliphatic rings. The van der Waals surface area contributed by atoms with Gasteiger partial charge in [-0.1, -0.05) is 50.7 Å². The third-order valence-corrected chi connectivity index (χ3v) is 2.96. The Morgan fingerprint density at radius 3 is 2.46 bits per heavy atom. The lowest BCUT2D eigenvalue weighted by atomic mass is 9.98. The lowest BCUT2D eigenvalue weighted by Gasteiger charge is -2.09. The fraction of sp³-hybridized carbons (Fsp3) is 0.846. The van der Waals surface area contributed by atoms with Gasteiger partial charge in [-0.05, 0) is 32.1 Å². The van der Waals surface area contributed by atoms with Crippen LogP contribution in [-0.4, -0.2) is 0 Å². The van der Waals surface area contributed by atoms with Gasteiger partial charge in [-0.2, -0.15) is 0 Å². The van der Waals surface area contributed by atoms with Crippen LogP contribution in [0.1, 0.15) is 71.1 Å². The molecular weight excluding hydrogens is 156 g/mol. The minimum absolute atomic E-state index is 1.33. The average molecular weight is 180 g/mol. The summed E-state index contributed by atoms with van der Waals surface area (Å²) in [5.74, 6) is 0. The van der Waals surface area contributed by atoms with Crippen LogP contribution in [0.25, 0.3) is 0 Å². The van der Waals surface area contributed by atoms with E-state index in [-0.39, 0.29) is 0 Å². The van der Waals surface area contributed by atoms with E-state index in [9.17, 15) is 0 Å². The smallest absolute Gasteiger partial charge is 0.0320 e. The SMILES string of the molecule is CCC/C1=C/CCCCCCCC1. The second-order valence-electron chi connectivity index (χ2n) is 4.27. The first-order valence-electron chi connectivity index (χ1n) is 6.11. The van der Waals surface area contributed by atoms with Crippen LogP contribution in [0, 0.1) is 0 Å². The average Bonchev–Trinajstić information content (AvgIpc) is 2.16. The molecule has 0 radical (unpaired) electrons. The number of rotatable bonds is 2. The van der Waals surface area contributed by atoms with E-state index < -0.39 is 0 Å². The zero-order valence-electron chi connectivity index (χ0n) is 9.15. The largest absolute Gasteiger partial charge is 0.0853 e. The van der Waals surface area contributed by atoms with Crippen molar-refractivity contribution in [2.45, 2.75) is 71.1 Å². The molecule has 0 heterocycles. The molecule has 0 heteroatoms. The fourth-order valence-corrected chi connectivity index (χ4v) is 2.16. The quantitative estimate of drug-likeness (QED) is 0.533. The second kappa shape index (κ2) is 7.17. The third-order valence-electron chi connectivity index (χ3n) is 2.96. The summed E-state index contributed by atoms with van der Waals surface area (Å²) in [5.41, 5.74) is 1.74. The van der Waals surface area contributed by atoms with Gasteiger partial charge >= 0.3 is 0 Å². The maximum atomic E-state index is 2.52. The summed E-state index contributed by atoms with van der Waals surface area (Å²) in [6.07, 6.45) is 16.6. The number of hydrogen-bond acceptors (Lipinski definition) is 0. The first kappa shape index (κ1) is 10.8. The summed E-state index contributed by atoms with van der Waals surface area (Å²) < 4.78 is 0. The van der Waals surface area contributed by atoms with E-state index in [2.05, 4.69) is 13.0 Å². The van der Waals surface area contributed by atoms with Crippen LogP contribution in [0.4, 0.5) is 0 Å². The van der Waals surface area contributed by atoms with Crippen molar-refractivity contribution >= 4 is 0 Å². The van der Waals surface area contributed by atoms with E-state index in [1.54, 1.807) is 5.57 Å². The van der Waals surface area contributed by atoms with E-state index in [0.29, 0.717) is 0 Å². The van der Waals surface area contributed by atoms with Crippen molar-refractivity contribution in [2.75, 3.05) is 0 Å². The molecule has 0 aromatic carbocycles. The van der Waals surface area contributed by atoms with E-state index in [0.717, 1.165) is 0 Å². The van der Waals surface area contributed by atoms with Crippen molar-refractivity contribution < 1.29 is 0 Å². The molecule has 0 unspecified atom stereocenters. The lowest BCUT2D eigenvalue weighted by Crippen LogP contribution is -1.89. The molecule has 0 N–H and O–H groups in total. The van der Waals surface area contributed by atoms with Gasteiger partial charge in [0.25, 0.3) is 0 Å². The summed E-state index contributed by atoms with van der Waals surface area (Å²) in [4.78, 5) is 0. The third kappa shape index (κ3) is 5.13. The molecule has 76 valence electrons. The molecule has 0 atom stereocenters. The van der Waals surface area contributed by atoms with Crippen LogP contribution in [0.15, 0.2) is 11.6 Å². The minimum Gasteiger partial charge on any atom is -0.0853 e. The van der Waals surface area contributed by atoms with Crippen LogP contribution in [0.2, 0.25) is 0 Å². The molecular formula is C13H24. The predicted molar refractivity (Wildman–Crippen MR) is 59.9 cm³/mol. The van der Waals surface area contributed by atoms with Gasteiger partial charge in [-0.3, -0.25) is 0 Å². The normalized spacial score (nSPS) is 24.8. The van der Waals surface area contributed by atoms with Gasteiger partial charge in [0.1, 0.15) is 0 Å². The van der Waals surface area contributed by atoms with E-state index in [1.807, 2.05) is 0 Å². The topological polar surface area (TPSA) is 0 Å². The molecule has 0 nitrogen and oxygen atoms in total. The fourth-order valence-electron chi connectivity index (χ4n) is 2.16. The summed E-state index contributed by atoms with van der Waals surface area (Å²) in [6.45, 7) is 2.29. The highest BCUT2D eigenvalue weighted by Crippen LogP contribution is 2.19. The van der Waals surface area contributed by atoms with Gasteiger partial charge in [0.05, 0.1) is 0 Å². The van der Waals surface area contributed by atoms with E-state index in [1.165, 1.54) is 64.2 Å². The zero-order chi connectivity index (χ0) is 9.36. The van der Waals surface area contributed by atoms with Gasteiger partial charge in [0.2, 0.25) is 0 Å². The van der Waals surface area contributed by atoms with Crippen molar-refractivity contribution in [3.05, 3.63) is 11.6 Å². The molecule has 1 aliphatic carbocycles. The van der Waals surface area contributed by atoms with Crippen LogP contribution >= 0.6 is 0 Å². The van der Waals surface area contributed by atoms with Gasteiger partial charge in [0, 0.05) is 0 Å². The summed E-state index contributed by atoms with van der Waals surface area (Å²) in [7, 11) is 0. The molecule has 0 bridgehead atoms. The van der Waals surface area contributed by atoms with Gasteiger partial charge in [-0.15, -0.1) is 0 Å². The van der Waals surface area contributed by atoms with Gasteiger partial charge in [-0.25, -0.2) is 0 Å². The summed E-state index contributed by atoms with van der Waals surface area (Å²) in [6, 6.07) is 0. The second-order valence-corrected chi connectivity index (χ2v) is 4.27. The maximum Gasteiger partial charge on any atom is -0.0320 e. The molecule has 0 amide bonds. The van der Waals surface area contributed by atoms with E-state index in [4.69, 9.17) is 0 Å². The molecule has 0 fully saturated rings. The van der Waals surface area contributed by atoms with Crippen LogP contribution in [0.5, 0.6) is 0 Å². The van der Waals surface area contributed by atoms with Gasteiger partial charge in [0.15, 0.2) is 0 Å². The minimum atomic E-state index is 1.33. The van der Waals surface area contributed by atoms with Crippen molar-refractivity contribution in [2.24, 2.45) is 0 Å². The predicted octanol–water partition coefficient (Wildman–Crippen LogP) is 4.85. The molecule has 13 heavy (non-hydrogen) atoms. The Balaban J connectivity index is 2.33. The molecule has 0 aliphatic heterocycles. The molecule has 0 aromatic rings. The van der Waals surface area contributed by atoms with Crippen LogP contribution in [0.3, 0.4) is 0 Å². The highest BCUT2D eigenvalue weighted by molar-refractivity contribution is 5.01. The van der Waals surface area contributed by atoms with Crippen LogP contribution in [-0.2, 0) is 0 Å². The first-order chi connectivity index (χ1) is 6.43. The lowest BCUT2D eigenvalue weighted by molar-refractivity contribution is 0.579. The van der Waals surface area contributed by atoms with E-state index >= 15 is 0 Å². The van der Waals surface area contributed by atoms with Crippen LogP contribution < -0.4 is 0 Å². The molecule has 1 rings (SSSR count). The highest BCUT2D eigenvalue weighted by Gasteiger charge is 1.99. The Morgan fingerprint density at radius 2 is 1.69 bits per heavy atom. The molecule has 0 aromatic heterocycles. The van der Waals surface area contributed by atoms with Gasteiger partial charge < -0.3 is 0 Å².